The van der Waals surface area contributed by atoms with E-state index in [9.17, 15) is 4.39 Å². The molecule has 0 atom stereocenters. The summed E-state index contributed by atoms with van der Waals surface area (Å²) in [6, 6.07) is 7.56. The zero-order valence-corrected chi connectivity index (χ0v) is 7.76. The Hall–Kier alpha value is -1.31. The highest BCUT2D eigenvalue weighted by atomic mass is 19.1. The normalized spacial score (nSPS) is 12.2. The number of rotatable bonds is 1. The van der Waals surface area contributed by atoms with Gasteiger partial charge in [0.25, 0.3) is 0 Å². The van der Waals surface area contributed by atoms with Gasteiger partial charge in [0.05, 0.1) is 0 Å². The molecule has 0 saturated heterocycles. The number of fused-ring (bicyclic) bond motifs is 1. The monoisotopic (exact) mass is 177 g/mol. The van der Waals surface area contributed by atoms with Crippen molar-refractivity contribution in [3.05, 3.63) is 36.0 Å². The lowest BCUT2D eigenvalue weighted by molar-refractivity contribution is 0.222. The van der Waals surface area contributed by atoms with Crippen LogP contribution in [0.25, 0.3) is 10.9 Å². The Balaban J connectivity index is 2.61. The van der Waals surface area contributed by atoms with Gasteiger partial charge < -0.3 is 4.98 Å². The molecule has 0 amide bonds. The van der Waals surface area contributed by atoms with Crippen LogP contribution in [-0.2, 0) is 5.67 Å². The molecule has 1 N–H and O–H groups in total. The highest BCUT2D eigenvalue weighted by Gasteiger charge is 2.18. The maximum Gasteiger partial charge on any atom is 0.130 e. The van der Waals surface area contributed by atoms with E-state index in [-0.39, 0.29) is 0 Å². The van der Waals surface area contributed by atoms with Crippen molar-refractivity contribution in [3.63, 3.8) is 0 Å². The predicted octanol–water partition coefficient (Wildman–Crippen LogP) is 3.37. The quantitative estimate of drug-likeness (QED) is 0.687. The molecule has 1 nitrogen and oxygen atoms in total. The number of hydrogen-bond donors (Lipinski definition) is 1. The molecular formula is C11H12FN. The van der Waals surface area contributed by atoms with Crippen molar-refractivity contribution in [1.29, 1.82) is 0 Å². The minimum Gasteiger partial charge on any atom is -0.361 e. The van der Waals surface area contributed by atoms with Gasteiger partial charge in [-0.2, -0.15) is 0 Å². The second-order valence-corrected chi connectivity index (χ2v) is 3.75. The molecule has 0 fully saturated rings. The number of H-pyrrole nitrogens is 1. The summed E-state index contributed by atoms with van der Waals surface area (Å²) in [6.45, 7) is 3.14. The third kappa shape index (κ3) is 1.44. The average molecular weight is 177 g/mol. The Kier molecular flexibility index (Phi) is 1.65. The van der Waals surface area contributed by atoms with Crippen LogP contribution in [0.4, 0.5) is 4.39 Å². The fraction of sp³-hybridized carbons (Fsp3) is 0.273. The highest BCUT2D eigenvalue weighted by molar-refractivity contribution is 5.80. The number of aromatic nitrogens is 1. The summed E-state index contributed by atoms with van der Waals surface area (Å²) in [5.41, 5.74) is 0.512. The minimum atomic E-state index is -1.26. The van der Waals surface area contributed by atoms with Crippen molar-refractivity contribution < 1.29 is 4.39 Å². The van der Waals surface area contributed by atoms with Gasteiger partial charge in [0.15, 0.2) is 0 Å². The van der Waals surface area contributed by atoms with Gasteiger partial charge in [-0.15, -0.1) is 0 Å². The number of benzene rings is 1. The largest absolute Gasteiger partial charge is 0.361 e. The van der Waals surface area contributed by atoms with Crippen LogP contribution in [0.15, 0.2) is 30.5 Å². The van der Waals surface area contributed by atoms with Gasteiger partial charge in [0, 0.05) is 11.7 Å². The van der Waals surface area contributed by atoms with Crippen molar-refractivity contribution in [1.82, 2.24) is 4.98 Å². The van der Waals surface area contributed by atoms with Crippen LogP contribution in [0.5, 0.6) is 0 Å². The van der Waals surface area contributed by atoms with E-state index in [0.717, 1.165) is 16.5 Å². The Morgan fingerprint density at radius 1 is 1.23 bits per heavy atom. The molecule has 0 aliphatic heterocycles. The molecule has 1 heterocycles. The molecule has 0 unspecified atom stereocenters. The highest BCUT2D eigenvalue weighted by Crippen LogP contribution is 2.27. The third-order valence-corrected chi connectivity index (χ3v) is 2.24. The van der Waals surface area contributed by atoms with Crippen LogP contribution in [0.2, 0.25) is 0 Å². The second kappa shape index (κ2) is 2.59. The number of aromatic amines is 1. The molecule has 13 heavy (non-hydrogen) atoms. The molecule has 1 aromatic carbocycles. The predicted molar refractivity (Wildman–Crippen MR) is 52.4 cm³/mol. The van der Waals surface area contributed by atoms with Crippen molar-refractivity contribution in [2.45, 2.75) is 19.5 Å². The molecule has 2 heteroatoms. The average Bonchev–Trinajstić information content (AvgIpc) is 2.47. The second-order valence-electron chi connectivity index (χ2n) is 3.75. The molecule has 2 aromatic rings. The first-order valence-electron chi connectivity index (χ1n) is 4.34. The van der Waals surface area contributed by atoms with E-state index in [4.69, 9.17) is 0 Å². The topological polar surface area (TPSA) is 15.8 Å². The Morgan fingerprint density at radius 3 is 2.69 bits per heavy atom. The number of nitrogens with one attached hydrogen (secondary N) is 1. The van der Waals surface area contributed by atoms with Crippen molar-refractivity contribution in [3.8, 4) is 0 Å². The molecular weight excluding hydrogens is 165 g/mol. The van der Waals surface area contributed by atoms with Gasteiger partial charge in [-0.3, -0.25) is 0 Å². The van der Waals surface area contributed by atoms with Crippen LogP contribution in [-0.4, -0.2) is 4.98 Å². The molecule has 0 aliphatic rings. The minimum absolute atomic E-state index is 0.722. The lowest BCUT2D eigenvalue weighted by Crippen LogP contribution is -2.08. The fourth-order valence-electron chi connectivity index (χ4n) is 1.42. The Morgan fingerprint density at radius 2 is 2.00 bits per heavy atom. The van der Waals surface area contributed by atoms with Crippen molar-refractivity contribution in [2.24, 2.45) is 0 Å². The SMILES string of the molecule is CC(C)(F)c1ccc2[nH]ccc2c1. The van der Waals surface area contributed by atoms with E-state index in [2.05, 4.69) is 4.98 Å². The Labute approximate surface area is 76.6 Å². The van der Waals surface area contributed by atoms with E-state index in [1.165, 1.54) is 0 Å². The third-order valence-electron chi connectivity index (χ3n) is 2.24. The molecule has 0 spiro atoms. The van der Waals surface area contributed by atoms with Crippen LogP contribution >= 0.6 is 0 Å². The first-order chi connectivity index (χ1) is 6.07. The fourth-order valence-corrected chi connectivity index (χ4v) is 1.42. The first-order valence-corrected chi connectivity index (χ1v) is 4.34. The van der Waals surface area contributed by atoms with Gasteiger partial charge >= 0.3 is 0 Å². The maximum atomic E-state index is 13.5. The molecule has 0 saturated carbocycles. The van der Waals surface area contributed by atoms with Crippen LogP contribution in [0.3, 0.4) is 0 Å². The summed E-state index contributed by atoms with van der Waals surface area (Å²) in [5.74, 6) is 0. The van der Waals surface area contributed by atoms with E-state index in [0.29, 0.717) is 0 Å². The number of halogens is 1. The van der Waals surface area contributed by atoms with Gasteiger partial charge in [-0.1, -0.05) is 6.07 Å². The molecule has 0 radical (unpaired) electrons. The van der Waals surface area contributed by atoms with E-state index < -0.39 is 5.67 Å². The summed E-state index contributed by atoms with van der Waals surface area (Å²) in [5, 5.41) is 1.06. The Bertz CT molecular complexity index is 423. The molecule has 0 bridgehead atoms. The van der Waals surface area contributed by atoms with Crippen LogP contribution in [0, 0.1) is 0 Å². The van der Waals surface area contributed by atoms with Crippen molar-refractivity contribution >= 4 is 10.9 Å². The lowest BCUT2D eigenvalue weighted by Gasteiger charge is -2.14. The van der Waals surface area contributed by atoms with E-state index in [1.54, 1.807) is 13.8 Å². The lowest BCUT2D eigenvalue weighted by atomic mass is 9.99. The number of hydrogen-bond acceptors (Lipinski definition) is 0. The smallest absolute Gasteiger partial charge is 0.130 e. The molecule has 1 aromatic heterocycles. The van der Waals surface area contributed by atoms with Crippen LogP contribution < -0.4 is 0 Å². The van der Waals surface area contributed by atoms with Gasteiger partial charge in [0.2, 0.25) is 0 Å². The summed E-state index contributed by atoms with van der Waals surface area (Å²) in [6.07, 6.45) is 1.86. The summed E-state index contributed by atoms with van der Waals surface area (Å²) >= 11 is 0. The van der Waals surface area contributed by atoms with Gasteiger partial charge in [-0.25, -0.2) is 4.39 Å². The number of alkyl halides is 1. The van der Waals surface area contributed by atoms with E-state index >= 15 is 0 Å². The molecule has 2 rings (SSSR count). The summed E-state index contributed by atoms with van der Waals surface area (Å²) < 4.78 is 13.5. The molecule has 0 aliphatic carbocycles. The van der Waals surface area contributed by atoms with Gasteiger partial charge in [0.1, 0.15) is 5.67 Å². The zero-order valence-electron chi connectivity index (χ0n) is 7.76. The standard InChI is InChI=1S/C11H12FN/c1-11(2,12)9-3-4-10-8(7-9)5-6-13-10/h3-7,13H,1-2H3. The van der Waals surface area contributed by atoms with E-state index in [1.807, 2.05) is 30.5 Å². The summed E-state index contributed by atoms with van der Waals surface area (Å²) in [4.78, 5) is 3.08. The van der Waals surface area contributed by atoms with Gasteiger partial charge in [-0.05, 0) is 43.0 Å². The zero-order chi connectivity index (χ0) is 9.47. The van der Waals surface area contributed by atoms with Crippen molar-refractivity contribution in [2.75, 3.05) is 0 Å². The molecule has 68 valence electrons. The van der Waals surface area contributed by atoms with Crippen LogP contribution in [0.1, 0.15) is 19.4 Å². The first kappa shape index (κ1) is 8.30. The summed E-state index contributed by atoms with van der Waals surface area (Å²) in [7, 11) is 0. The maximum absolute atomic E-state index is 13.5.